The van der Waals surface area contributed by atoms with Crippen molar-refractivity contribution in [2.45, 2.75) is 19.6 Å². The Morgan fingerprint density at radius 1 is 1.19 bits per heavy atom. The molecule has 0 spiro atoms. The van der Waals surface area contributed by atoms with Crippen molar-refractivity contribution >= 4 is 11.7 Å². The lowest BCUT2D eigenvalue weighted by Crippen LogP contribution is -2.32. The number of urea groups is 1. The molecule has 0 aliphatic heterocycles. The summed E-state index contributed by atoms with van der Waals surface area (Å²) < 4.78 is 30.3. The molecule has 0 aliphatic carbocycles. The zero-order valence-corrected chi connectivity index (χ0v) is 14.1. The summed E-state index contributed by atoms with van der Waals surface area (Å²) in [6.45, 7) is -1.24. The number of hydrogen-bond donors (Lipinski definition) is 2. The maximum absolute atomic E-state index is 12.3. The highest BCUT2D eigenvalue weighted by Crippen LogP contribution is 2.19. The van der Waals surface area contributed by atoms with Crippen molar-refractivity contribution in [3.05, 3.63) is 54.9 Å². The highest BCUT2D eigenvalue weighted by Gasteiger charge is 2.18. The first kappa shape index (κ1) is 18.2. The van der Waals surface area contributed by atoms with Gasteiger partial charge in [0.15, 0.2) is 5.82 Å². The molecule has 0 saturated heterocycles. The molecule has 0 radical (unpaired) electrons. The maximum Gasteiger partial charge on any atom is 0.387 e. The Hall–Kier alpha value is -3.63. The second-order valence-corrected chi connectivity index (χ2v) is 5.31. The van der Waals surface area contributed by atoms with E-state index < -0.39 is 18.7 Å². The van der Waals surface area contributed by atoms with Gasteiger partial charge in [0.1, 0.15) is 12.1 Å². The number of carbonyl (C=O) groups is 1. The molecule has 3 rings (SSSR count). The normalized spacial score (nSPS) is 11.9. The lowest BCUT2D eigenvalue weighted by atomic mass is 10.3. The monoisotopic (exact) mass is 375 g/mol. The average Bonchev–Trinajstić information content (AvgIpc) is 3.12. The molecule has 0 bridgehead atoms. The second-order valence-electron chi connectivity index (χ2n) is 5.31. The van der Waals surface area contributed by atoms with Gasteiger partial charge in [0, 0.05) is 24.1 Å². The van der Waals surface area contributed by atoms with E-state index in [0.717, 1.165) is 0 Å². The van der Waals surface area contributed by atoms with Crippen LogP contribution in [0.3, 0.4) is 0 Å². The molecular formula is C16H15F2N7O2. The number of aromatic nitrogens is 5. The summed E-state index contributed by atoms with van der Waals surface area (Å²) in [7, 11) is 0. The lowest BCUT2D eigenvalue weighted by molar-refractivity contribution is -0.0497. The Labute approximate surface area is 152 Å². The van der Waals surface area contributed by atoms with Crippen LogP contribution in [0.2, 0.25) is 0 Å². The molecule has 0 aliphatic rings. The molecule has 1 aromatic carbocycles. The van der Waals surface area contributed by atoms with Crippen LogP contribution in [-0.2, 0) is 0 Å². The Bertz CT molecular complexity index is 905. The van der Waals surface area contributed by atoms with Gasteiger partial charge in [-0.2, -0.15) is 18.6 Å². The van der Waals surface area contributed by atoms with E-state index in [9.17, 15) is 13.6 Å². The summed E-state index contributed by atoms with van der Waals surface area (Å²) in [4.78, 5) is 24.5. The van der Waals surface area contributed by atoms with Crippen LogP contribution in [-0.4, -0.2) is 37.4 Å². The van der Waals surface area contributed by atoms with Gasteiger partial charge in [-0.3, -0.25) is 0 Å². The summed E-state index contributed by atoms with van der Waals surface area (Å²) in [5.41, 5.74) is 0.297. The summed E-state index contributed by atoms with van der Waals surface area (Å²) in [6, 6.07) is 6.26. The van der Waals surface area contributed by atoms with Crippen molar-refractivity contribution < 1.29 is 18.3 Å². The van der Waals surface area contributed by atoms with Gasteiger partial charge in [-0.1, -0.05) is 6.07 Å². The Balaban J connectivity index is 1.66. The number of rotatable bonds is 6. The van der Waals surface area contributed by atoms with Crippen molar-refractivity contribution in [3.8, 4) is 11.7 Å². The number of ether oxygens (including phenoxy) is 1. The van der Waals surface area contributed by atoms with Gasteiger partial charge in [-0.05, 0) is 25.1 Å². The smallest absolute Gasteiger partial charge is 0.387 e. The van der Waals surface area contributed by atoms with Crippen LogP contribution in [0, 0.1) is 0 Å². The van der Waals surface area contributed by atoms with E-state index in [2.05, 4.69) is 35.4 Å². The molecule has 2 aromatic heterocycles. The molecule has 9 nitrogen and oxygen atoms in total. The third kappa shape index (κ3) is 4.71. The van der Waals surface area contributed by atoms with E-state index in [1.54, 1.807) is 31.5 Å². The number of hydrogen-bond acceptors (Lipinski definition) is 6. The quantitative estimate of drug-likeness (QED) is 0.686. The SMILES string of the molecule is C[C@H](NC(=O)Nc1cccc(OC(F)F)c1)c1ncnn1-c1ncccn1. The molecule has 2 N–H and O–H groups in total. The minimum Gasteiger partial charge on any atom is -0.435 e. The molecule has 2 heterocycles. The van der Waals surface area contributed by atoms with E-state index in [1.165, 1.54) is 29.2 Å². The fourth-order valence-electron chi connectivity index (χ4n) is 2.28. The highest BCUT2D eigenvalue weighted by molar-refractivity contribution is 5.89. The van der Waals surface area contributed by atoms with Gasteiger partial charge in [0.05, 0.1) is 6.04 Å². The predicted molar refractivity (Wildman–Crippen MR) is 90.6 cm³/mol. The number of amides is 2. The minimum atomic E-state index is -2.94. The van der Waals surface area contributed by atoms with Crippen molar-refractivity contribution in [1.29, 1.82) is 0 Å². The highest BCUT2D eigenvalue weighted by atomic mass is 19.3. The Morgan fingerprint density at radius 2 is 1.96 bits per heavy atom. The van der Waals surface area contributed by atoms with Crippen LogP contribution < -0.4 is 15.4 Å². The first-order valence-corrected chi connectivity index (χ1v) is 7.82. The molecule has 1 atom stereocenters. The minimum absolute atomic E-state index is 0.0585. The standard InChI is InChI=1S/C16H15F2N7O2/c1-10(13-21-9-22-25(13)15-19-6-3-7-20-15)23-16(26)24-11-4-2-5-12(8-11)27-14(17)18/h2-10,14H,1H3,(H2,23,24,26)/t10-/m0/s1. The summed E-state index contributed by atoms with van der Waals surface area (Å²) in [6.07, 6.45) is 4.45. The first-order chi connectivity index (χ1) is 13.0. The van der Waals surface area contributed by atoms with Crippen LogP contribution in [0.4, 0.5) is 19.3 Å². The fourth-order valence-corrected chi connectivity index (χ4v) is 2.28. The average molecular weight is 375 g/mol. The molecular weight excluding hydrogens is 360 g/mol. The molecule has 27 heavy (non-hydrogen) atoms. The van der Waals surface area contributed by atoms with Gasteiger partial charge in [0.25, 0.3) is 5.95 Å². The number of benzene rings is 1. The van der Waals surface area contributed by atoms with Gasteiger partial charge < -0.3 is 15.4 Å². The Kier molecular flexibility index (Phi) is 5.50. The van der Waals surface area contributed by atoms with Gasteiger partial charge in [0.2, 0.25) is 0 Å². The summed E-state index contributed by atoms with van der Waals surface area (Å²) in [5, 5.41) is 9.29. The summed E-state index contributed by atoms with van der Waals surface area (Å²) >= 11 is 0. The van der Waals surface area contributed by atoms with Crippen molar-refractivity contribution in [2.24, 2.45) is 0 Å². The number of halogens is 2. The Morgan fingerprint density at radius 3 is 2.70 bits per heavy atom. The molecule has 0 unspecified atom stereocenters. The lowest BCUT2D eigenvalue weighted by Gasteiger charge is -2.15. The van der Waals surface area contributed by atoms with Crippen molar-refractivity contribution in [3.63, 3.8) is 0 Å². The first-order valence-electron chi connectivity index (χ1n) is 7.82. The van der Waals surface area contributed by atoms with Crippen LogP contribution in [0.5, 0.6) is 5.75 Å². The van der Waals surface area contributed by atoms with Crippen LogP contribution in [0.15, 0.2) is 49.1 Å². The van der Waals surface area contributed by atoms with E-state index >= 15 is 0 Å². The van der Waals surface area contributed by atoms with Crippen LogP contribution in [0.1, 0.15) is 18.8 Å². The predicted octanol–water partition coefficient (Wildman–Crippen LogP) is 2.54. The third-order valence-electron chi connectivity index (χ3n) is 3.37. The maximum atomic E-state index is 12.3. The number of anilines is 1. The van der Waals surface area contributed by atoms with Gasteiger partial charge in [-0.25, -0.2) is 19.7 Å². The molecule has 0 saturated carbocycles. The molecule has 11 heteroatoms. The van der Waals surface area contributed by atoms with E-state index in [1.807, 2.05) is 0 Å². The number of nitrogens with one attached hydrogen (secondary N) is 2. The van der Waals surface area contributed by atoms with Gasteiger partial charge in [-0.15, -0.1) is 0 Å². The number of carbonyl (C=O) groups excluding carboxylic acids is 1. The van der Waals surface area contributed by atoms with E-state index in [4.69, 9.17) is 0 Å². The van der Waals surface area contributed by atoms with E-state index in [0.29, 0.717) is 17.5 Å². The molecule has 3 aromatic rings. The molecule has 140 valence electrons. The van der Waals surface area contributed by atoms with Crippen molar-refractivity contribution in [1.82, 2.24) is 30.0 Å². The van der Waals surface area contributed by atoms with Crippen LogP contribution >= 0.6 is 0 Å². The second kappa shape index (κ2) is 8.17. The third-order valence-corrected chi connectivity index (χ3v) is 3.37. The summed E-state index contributed by atoms with van der Waals surface area (Å²) in [5.74, 6) is 0.679. The van der Waals surface area contributed by atoms with Crippen molar-refractivity contribution in [2.75, 3.05) is 5.32 Å². The fraction of sp³-hybridized carbons (Fsp3) is 0.188. The van der Waals surface area contributed by atoms with Gasteiger partial charge >= 0.3 is 12.6 Å². The topological polar surface area (TPSA) is 107 Å². The molecule has 2 amide bonds. The van der Waals surface area contributed by atoms with E-state index in [-0.39, 0.29) is 5.75 Å². The number of nitrogens with zero attached hydrogens (tertiary/aromatic N) is 5. The number of alkyl halides is 2. The molecule has 0 fully saturated rings. The zero-order valence-electron chi connectivity index (χ0n) is 14.1. The van der Waals surface area contributed by atoms with Crippen LogP contribution in [0.25, 0.3) is 5.95 Å². The zero-order chi connectivity index (χ0) is 19.2. The largest absolute Gasteiger partial charge is 0.435 e.